The van der Waals surface area contributed by atoms with E-state index in [2.05, 4.69) is 22.4 Å². The molecule has 152 valence electrons. The van der Waals surface area contributed by atoms with Gasteiger partial charge in [0, 0.05) is 11.4 Å². The van der Waals surface area contributed by atoms with Crippen LogP contribution in [0.2, 0.25) is 0 Å². The van der Waals surface area contributed by atoms with Gasteiger partial charge < -0.3 is 10.1 Å². The summed E-state index contributed by atoms with van der Waals surface area (Å²) < 4.78 is 6.46. The van der Waals surface area contributed by atoms with Crippen molar-refractivity contribution in [3.8, 4) is 0 Å². The van der Waals surface area contributed by atoms with Gasteiger partial charge >= 0.3 is 11.7 Å². The highest BCUT2D eigenvalue weighted by Gasteiger charge is 2.29. The molecular weight excluding hydrogens is 400 g/mol. The van der Waals surface area contributed by atoms with Crippen molar-refractivity contribution in [3.63, 3.8) is 0 Å². The molecule has 1 unspecified atom stereocenters. The molecule has 0 saturated carbocycles. The highest BCUT2D eigenvalue weighted by atomic mass is 32.2. The van der Waals surface area contributed by atoms with Crippen LogP contribution < -0.4 is 11.0 Å². The fraction of sp³-hybridized carbons (Fsp3) is 0.556. The fourth-order valence-electron chi connectivity index (χ4n) is 3.28. The smallest absolute Gasteiger partial charge is 0.343 e. The van der Waals surface area contributed by atoms with Gasteiger partial charge in [0.05, 0.1) is 18.4 Å². The highest BCUT2D eigenvalue weighted by Crippen LogP contribution is 2.40. The lowest BCUT2D eigenvalue weighted by Gasteiger charge is -2.18. The number of thiophene rings is 1. The molecule has 0 aromatic carbocycles. The molecule has 8 nitrogen and oxygen atoms in total. The van der Waals surface area contributed by atoms with Crippen molar-refractivity contribution in [2.75, 3.05) is 18.2 Å². The number of hydrogen-bond donors (Lipinski definition) is 2. The monoisotopic (exact) mass is 424 g/mol. The van der Waals surface area contributed by atoms with Gasteiger partial charge in [-0.2, -0.15) is 0 Å². The Kier molecular flexibility index (Phi) is 6.61. The zero-order valence-corrected chi connectivity index (χ0v) is 17.8. The molecule has 0 fully saturated rings. The van der Waals surface area contributed by atoms with E-state index in [0.29, 0.717) is 28.2 Å². The van der Waals surface area contributed by atoms with Crippen LogP contribution >= 0.6 is 23.1 Å². The highest BCUT2D eigenvalue weighted by molar-refractivity contribution is 7.99. The largest absolute Gasteiger partial charge is 0.465 e. The van der Waals surface area contributed by atoms with E-state index in [4.69, 9.17) is 4.74 Å². The van der Waals surface area contributed by atoms with Crippen molar-refractivity contribution in [1.82, 2.24) is 14.8 Å². The third-order valence-corrected chi connectivity index (χ3v) is 6.80. The summed E-state index contributed by atoms with van der Waals surface area (Å²) >= 11 is 2.64. The van der Waals surface area contributed by atoms with Crippen molar-refractivity contribution in [2.24, 2.45) is 5.92 Å². The fourth-order valence-corrected chi connectivity index (χ4v) is 5.47. The number of thioether (sulfide) groups is 1. The number of esters is 1. The predicted octanol–water partition coefficient (Wildman–Crippen LogP) is 2.69. The molecule has 3 rings (SSSR count). The number of methoxy groups -OCH3 is 1. The molecule has 0 spiro atoms. The van der Waals surface area contributed by atoms with Gasteiger partial charge in [-0.05, 0) is 37.2 Å². The molecule has 0 radical (unpaired) electrons. The van der Waals surface area contributed by atoms with E-state index in [1.165, 1.54) is 34.8 Å². The summed E-state index contributed by atoms with van der Waals surface area (Å²) in [7, 11) is 1.35. The zero-order valence-electron chi connectivity index (χ0n) is 16.2. The molecular formula is C18H24N4O4S2. The number of amides is 1. The summed E-state index contributed by atoms with van der Waals surface area (Å²) in [6.07, 6.45) is 3.54. The van der Waals surface area contributed by atoms with Crippen LogP contribution in [-0.4, -0.2) is 39.5 Å². The number of nitrogens with zero attached hydrogens (tertiary/aromatic N) is 2. The van der Waals surface area contributed by atoms with Crippen molar-refractivity contribution in [2.45, 2.75) is 51.2 Å². The van der Waals surface area contributed by atoms with Gasteiger partial charge in [-0.1, -0.05) is 25.6 Å². The number of aromatic amines is 1. The van der Waals surface area contributed by atoms with E-state index in [9.17, 15) is 14.4 Å². The van der Waals surface area contributed by atoms with Crippen LogP contribution in [0.25, 0.3) is 0 Å². The molecule has 0 aliphatic heterocycles. The second kappa shape index (κ2) is 8.95. The van der Waals surface area contributed by atoms with Crippen molar-refractivity contribution < 1.29 is 14.3 Å². The predicted molar refractivity (Wildman–Crippen MR) is 109 cm³/mol. The Morgan fingerprint density at radius 1 is 1.46 bits per heavy atom. The lowest BCUT2D eigenvalue weighted by atomic mass is 9.88. The Bertz CT molecular complexity index is 931. The summed E-state index contributed by atoms with van der Waals surface area (Å²) in [6.45, 7) is 4.70. The van der Waals surface area contributed by atoms with Crippen LogP contribution in [0, 0.1) is 5.92 Å². The van der Waals surface area contributed by atoms with E-state index < -0.39 is 5.97 Å². The molecule has 1 amide bonds. The quantitative estimate of drug-likeness (QED) is 0.523. The minimum atomic E-state index is -0.418. The number of carbonyl (C=O) groups is 2. The van der Waals surface area contributed by atoms with Crippen LogP contribution in [0.1, 0.15) is 47.5 Å². The topological polar surface area (TPSA) is 106 Å². The lowest BCUT2D eigenvalue weighted by molar-refractivity contribution is -0.113. The van der Waals surface area contributed by atoms with Gasteiger partial charge in [-0.15, -0.1) is 16.4 Å². The first-order chi connectivity index (χ1) is 13.4. The van der Waals surface area contributed by atoms with E-state index in [1.54, 1.807) is 0 Å². The molecule has 10 heteroatoms. The number of rotatable bonds is 7. The van der Waals surface area contributed by atoms with Crippen LogP contribution in [0.4, 0.5) is 5.00 Å². The molecule has 1 atom stereocenters. The summed E-state index contributed by atoms with van der Waals surface area (Å²) in [5, 5.41) is 10.3. The number of ether oxygens (including phenoxy) is 1. The van der Waals surface area contributed by atoms with Gasteiger partial charge in [0.25, 0.3) is 0 Å². The Hall–Kier alpha value is -2.07. The lowest BCUT2D eigenvalue weighted by Crippen LogP contribution is -2.19. The van der Waals surface area contributed by atoms with E-state index in [1.807, 2.05) is 6.92 Å². The van der Waals surface area contributed by atoms with Gasteiger partial charge in [-0.25, -0.2) is 14.7 Å². The van der Waals surface area contributed by atoms with Gasteiger partial charge in [0.15, 0.2) is 5.16 Å². The maximum atomic E-state index is 12.5. The molecule has 2 N–H and O–H groups in total. The molecule has 2 heterocycles. The standard InChI is InChI=1S/C18H24N4O4S2/c1-4-7-22-17(25)20-21-18(22)27-9-13(23)19-15-14(16(24)26-3)11-6-5-10(2)8-12(11)28-15/h10H,4-9H2,1-3H3,(H,19,23)(H,20,25). The van der Waals surface area contributed by atoms with Gasteiger partial charge in [-0.3, -0.25) is 9.36 Å². The number of H-pyrrole nitrogens is 1. The van der Waals surface area contributed by atoms with Gasteiger partial charge in [0.2, 0.25) is 5.91 Å². The maximum Gasteiger partial charge on any atom is 0.343 e. The summed E-state index contributed by atoms with van der Waals surface area (Å²) in [6, 6.07) is 0. The van der Waals surface area contributed by atoms with Crippen LogP contribution in [0.3, 0.4) is 0 Å². The number of fused-ring (bicyclic) bond motifs is 1. The minimum absolute atomic E-state index is 0.0909. The first-order valence-electron chi connectivity index (χ1n) is 9.25. The van der Waals surface area contributed by atoms with E-state index in [0.717, 1.165) is 36.1 Å². The maximum absolute atomic E-state index is 12.5. The number of nitrogens with one attached hydrogen (secondary N) is 2. The average molecular weight is 425 g/mol. The number of anilines is 1. The molecule has 0 bridgehead atoms. The second-order valence-corrected chi connectivity index (χ2v) is 8.89. The normalized spacial score (nSPS) is 15.9. The molecule has 0 saturated heterocycles. The minimum Gasteiger partial charge on any atom is -0.465 e. The third-order valence-electron chi connectivity index (χ3n) is 4.66. The van der Waals surface area contributed by atoms with Crippen LogP contribution in [0.15, 0.2) is 9.95 Å². The third kappa shape index (κ3) is 4.33. The zero-order chi connectivity index (χ0) is 20.3. The molecule has 2 aromatic heterocycles. The average Bonchev–Trinajstić information content (AvgIpc) is 3.19. The van der Waals surface area contributed by atoms with E-state index >= 15 is 0 Å². The number of hydrogen-bond acceptors (Lipinski definition) is 7. The Morgan fingerprint density at radius 2 is 2.25 bits per heavy atom. The molecule has 2 aromatic rings. The van der Waals surface area contributed by atoms with Crippen LogP contribution in [-0.2, 0) is 28.9 Å². The Morgan fingerprint density at radius 3 is 2.96 bits per heavy atom. The SMILES string of the molecule is CCCn1c(SCC(=O)Nc2sc3c(c2C(=O)OC)CCC(C)C3)n[nH]c1=O. The summed E-state index contributed by atoms with van der Waals surface area (Å²) in [5.41, 5.74) is 1.20. The molecule has 1 aliphatic carbocycles. The van der Waals surface area contributed by atoms with Gasteiger partial charge in [0.1, 0.15) is 5.00 Å². The number of carbonyl (C=O) groups excluding carboxylic acids is 2. The first-order valence-corrected chi connectivity index (χ1v) is 11.1. The van der Waals surface area contributed by atoms with Crippen molar-refractivity contribution in [3.05, 3.63) is 26.5 Å². The summed E-state index contributed by atoms with van der Waals surface area (Å²) in [5.74, 6) is -0.0155. The second-order valence-electron chi connectivity index (χ2n) is 6.85. The van der Waals surface area contributed by atoms with E-state index in [-0.39, 0.29) is 17.3 Å². The molecule has 28 heavy (non-hydrogen) atoms. The molecule has 1 aliphatic rings. The Balaban J connectivity index is 1.74. The number of aromatic nitrogens is 3. The summed E-state index contributed by atoms with van der Waals surface area (Å²) in [4.78, 5) is 37.7. The van der Waals surface area contributed by atoms with Crippen LogP contribution in [0.5, 0.6) is 0 Å². The van der Waals surface area contributed by atoms with Crippen molar-refractivity contribution >= 4 is 40.0 Å². The first kappa shape index (κ1) is 20.7. The Labute approximate surface area is 171 Å². The van der Waals surface area contributed by atoms with Crippen molar-refractivity contribution in [1.29, 1.82) is 0 Å².